The van der Waals surface area contributed by atoms with E-state index in [1.165, 1.54) is 37.0 Å². The Morgan fingerprint density at radius 1 is 1.05 bits per heavy atom. The maximum Gasteiger partial charge on any atom is 0.180 e. The number of unbranched alkanes of at least 4 members (excludes halogenated alkanes) is 2. The number of benzene rings is 2. The van der Waals surface area contributed by atoms with E-state index in [1.807, 2.05) is 24.3 Å². The first-order valence-corrected chi connectivity index (χ1v) is 8.56. The third-order valence-electron chi connectivity index (χ3n) is 3.70. The van der Waals surface area contributed by atoms with Gasteiger partial charge < -0.3 is 0 Å². The van der Waals surface area contributed by atoms with Crippen molar-refractivity contribution in [1.29, 1.82) is 0 Å². The van der Waals surface area contributed by atoms with Crippen LogP contribution < -0.4 is 0 Å². The minimum atomic E-state index is -0.445. The summed E-state index contributed by atoms with van der Waals surface area (Å²) >= 11 is 3.41. The van der Waals surface area contributed by atoms with Crippen molar-refractivity contribution in [2.75, 3.05) is 0 Å². The van der Waals surface area contributed by atoms with Crippen molar-refractivity contribution in [3.8, 4) is 0 Å². The van der Waals surface area contributed by atoms with Gasteiger partial charge in [-0.25, -0.2) is 4.39 Å². The Morgan fingerprint density at radius 2 is 1.68 bits per heavy atom. The molecule has 3 heteroatoms. The highest BCUT2D eigenvalue weighted by atomic mass is 79.9. The maximum absolute atomic E-state index is 12.9. The number of aryl methyl sites for hydroxylation is 1. The molecule has 1 nitrogen and oxygen atoms in total. The van der Waals surface area contributed by atoms with E-state index in [4.69, 9.17) is 0 Å². The quantitative estimate of drug-likeness (QED) is 0.341. The highest BCUT2D eigenvalue weighted by Crippen LogP contribution is 2.27. The summed E-state index contributed by atoms with van der Waals surface area (Å²) in [6, 6.07) is 13.8. The summed E-state index contributed by atoms with van der Waals surface area (Å²) in [7, 11) is 0. The first-order chi connectivity index (χ1) is 10.6. The molecular formula is C19H20BrFO. The Morgan fingerprint density at radius 3 is 2.27 bits per heavy atom. The van der Waals surface area contributed by atoms with Crippen molar-refractivity contribution in [2.24, 2.45) is 0 Å². The first-order valence-electron chi connectivity index (χ1n) is 7.64. The maximum atomic E-state index is 12.9. The van der Waals surface area contributed by atoms with Gasteiger partial charge in [-0.2, -0.15) is 0 Å². The lowest BCUT2D eigenvalue weighted by Gasteiger charge is -2.10. The molecule has 0 bridgehead atoms. The predicted octanol–water partition coefficient (Wildman–Crippen LogP) is 5.88. The Bertz CT molecular complexity index is 604. The van der Waals surface area contributed by atoms with Crippen molar-refractivity contribution in [1.82, 2.24) is 0 Å². The third-order valence-corrected chi connectivity index (χ3v) is 4.64. The molecule has 0 fully saturated rings. The van der Waals surface area contributed by atoms with E-state index >= 15 is 0 Å². The molecule has 2 rings (SSSR count). The molecule has 0 heterocycles. The highest BCUT2D eigenvalue weighted by molar-refractivity contribution is 9.09. The van der Waals surface area contributed by atoms with Crippen LogP contribution >= 0.6 is 15.9 Å². The van der Waals surface area contributed by atoms with Gasteiger partial charge in [0.05, 0.1) is 0 Å². The van der Waals surface area contributed by atoms with Gasteiger partial charge in [0.1, 0.15) is 10.6 Å². The molecule has 0 aliphatic rings. The van der Waals surface area contributed by atoms with E-state index in [0.29, 0.717) is 5.56 Å². The Hall–Kier alpha value is -1.48. The van der Waals surface area contributed by atoms with Crippen molar-refractivity contribution in [2.45, 2.75) is 37.4 Å². The zero-order valence-electron chi connectivity index (χ0n) is 12.7. The predicted molar refractivity (Wildman–Crippen MR) is 92.1 cm³/mol. The fraction of sp³-hybridized carbons (Fsp3) is 0.316. The van der Waals surface area contributed by atoms with Crippen LogP contribution in [0.15, 0.2) is 48.5 Å². The summed E-state index contributed by atoms with van der Waals surface area (Å²) in [4.78, 5) is 12.0. The smallest absolute Gasteiger partial charge is 0.180 e. The van der Waals surface area contributed by atoms with Gasteiger partial charge in [-0.15, -0.1) is 0 Å². The van der Waals surface area contributed by atoms with Crippen LogP contribution in [0.1, 0.15) is 52.5 Å². The van der Waals surface area contributed by atoms with Gasteiger partial charge in [0, 0.05) is 5.56 Å². The summed E-state index contributed by atoms with van der Waals surface area (Å²) in [6.07, 6.45) is 4.67. The number of rotatable bonds is 7. The van der Waals surface area contributed by atoms with Gasteiger partial charge in [-0.1, -0.05) is 72.1 Å². The molecule has 1 unspecified atom stereocenters. The normalized spacial score (nSPS) is 12.1. The molecule has 0 aliphatic heterocycles. The van der Waals surface area contributed by atoms with Crippen LogP contribution in [0.5, 0.6) is 0 Å². The fourth-order valence-corrected chi connectivity index (χ4v) is 2.91. The van der Waals surface area contributed by atoms with E-state index in [2.05, 4.69) is 22.9 Å². The van der Waals surface area contributed by atoms with E-state index < -0.39 is 4.83 Å². The third kappa shape index (κ3) is 4.51. The molecule has 0 saturated carbocycles. The van der Waals surface area contributed by atoms with Crippen molar-refractivity contribution in [3.63, 3.8) is 0 Å². The van der Waals surface area contributed by atoms with Crippen LogP contribution in [0.25, 0.3) is 0 Å². The molecule has 0 radical (unpaired) electrons. The lowest BCUT2D eigenvalue weighted by atomic mass is 10.00. The number of hydrogen-bond donors (Lipinski definition) is 0. The number of alkyl halides is 1. The molecule has 2 aromatic carbocycles. The largest absolute Gasteiger partial charge is 0.293 e. The van der Waals surface area contributed by atoms with Crippen LogP contribution in [-0.4, -0.2) is 5.78 Å². The monoisotopic (exact) mass is 362 g/mol. The van der Waals surface area contributed by atoms with Crippen LogP contribution in [0, 0.1) is 5.82 Å². The Kier molecular flexibility index (Phi) is 6.32. The number of Topliss-reactive ketones (excluding diaryl/α,β-unsaturated/α-hetero) is 1. The summed E-state index contributed by atoms with van der Waals surface area (Å²) in [5, 5.41) is 0. The second-order valence-corrected chi connectivity index (χ2v) is 6.35. The number of ketones is 1. The van der Waals surface area contributed by atoms with E-state index in [-0.39, 0.29) is 11.6 Å². The van der Waals surface area contributed by atoms with Crippen molar-refractivity contribution < 1.29 is 9.18 Å². The van der Waals surface area contributed by atoms with Crippen LogP contribution in [0.3, 0.4) is 0 Å². The summed E-state index contributed by atoms with van der Waals surface area (Å²) in [5.41, 5.74) is 2.70. The molecule has 2 aromatic rings. The summed E-state index contributed by atoms with van der Waals surface area (Å²) in [6.45, 7) is 2.19. The van der Waals surface area contributed by atoms with Gasteiger partial charge in [0.25, 0.3) is 0 Å². The standard InChI is InChI=1S/C19H20BrFO/c1-2-3-4-5-14-6-8-16(9-7-14)19(22)18(20)15-10-12-17(21)13-11-15/h6-13,18H,2-5H2,1H3. The SMILES string of the molecule is CCCCCc1ccc(C(=O)C(Br)c2ccc(F)cc2)cc1. The second kappa shape index (κ2) is 8.23. The topological polar surface area (TPSA) is 17.1 Å². The zero-order chi connectivity index (χ0) is 15.9. The molecule has 116 valence electrons. The van der Waals surface area contributed by atoms with E-state index in [0.717, 1.165) is 12.0 Å². The zero-order valence-corrected chi connectivity index (χ0v) is 14.3. The Balaban J connectivity index is 2.04. The number of halogens is 2. The van der Waals surface area contributed by atoms with Crippen LogP contribution in [0.4, 0.5) is 4.39 Å². The van der Waals surface area contributed by atoms with Gasteiger partial charge in [0.2, 0.25) is 0 Å². The first kappa shape index (κ1) is 16.9. The molecule has 0 aliphatic carbocycles. The molecule has 1 atom stereocenters. The molecule has 0 N–H and O–H groups in total. The number of carbonyl (C=O) groups is 1. The number of hydrogen-bond acceptors (Lipinski definition) is 1. The summed E-state index contributed by atoms with van der Waals surface area (Å²) < 4.78 is 12.9. The molecule has 0 aromatic heterocycles. The Labute approximate surface area is 139 Å². The van der Waals surface area contributed by atoms with Gasteiger partial charge >= 0.3 is 0 Å². The average Bonchev–Trinajstić information content (AvgIpc) is 2.55. The van der Waals surface area contributed by atoms with Crippen molar-refractivity contribution in [3.05, 3.63) is 71.0 Å². The minimum Gasteiger partial charge on any atom is -0.293 e. The van der Waals surface area contributed by atoms with Gasteiger partial charge in [-0.3, -0.25) is 4.79 Å². The fourth-order valence-electron chi connectivity index (χ4n) is 2.34. The molecule has 0 saturated heterocycles. The lowest BCUT2D eigenvalue weighted by Crippen LogP contribution is -2.07. The van der Waals surface area contributed by atoms with Gasteiger partial charge in [0.15, 0.2) is 5.78 Å². The van der Waals surface area contributed by atoms with Crippen molar-refractivity contribution >= 4 is 21.7 Å². The number of carbonyl (C=O) groups excluding carboxylic acids is 1. The highest BCUT2D eigenvalue weighted by Gasteiger charge is 2.18. The van der Waals surface area contributed by atoms with E-state index in [9.17, 15) is 9.18 Å². The minimum absolute atomic E-state index is 0.00767. The summed E-state index contributed by atoms with van der Waals surface area (Å²) in [5.74, 6) is -0.306. The molecule has 22 heavy (non-hydrogen) atoms. The van der Waals surface area contributed by atoms with E-state index in [1.54, 1.807) is 12.1 Å². The second-order valence-electron chi connectivity index (χ2n) is 5.43. The lowest BCUT2D eigenvalue weighted by molar-refractivity contribution is 0.0991. The molecule has 0 amide bonds. The molecular weight excluding hydrogens is 343 g/mol. The average molecular weight is 363 g/mol. The molecule has 0 spiro atoms. The van der Waals surface area contributed by atoms with Crippen LogP contribution in [-0.2, 0) is 6.42 Å². The van der Waals surface area contributed by atoms with Gasteiger partial charge in [-0.05, 0) is 36.1 Å². The van der Waals surface area contributed by atoms with Crippen LogP contribution in [0.2, 0.25) is 0 Å².